The lowest BCUT2D eigenvalue weighted by molar-refractivity contribution is -0.127. The van der Waals surface area contributed by atoms with Gasteiger partial charge in [0.15, 0.2) is 0 Å². The fourth-order valence-corrected chi connectivity index (χ4v) is 3.89. The number of rotatable bonds is 5. The van der Waals surface area contributed by atoms with E-state index in [1.807, 2.05) is 4.90 Å². The van der Waals surface area contributed by atoms with E-state index in [0.29, 0.717) is 11.4 Å². The van der Waals surface area contributed by atoms with Crippen LogP contribution in [0.5, 0.6) is 0 Å². The molecule has 3 saturated heterocycles. The Morgan fingerprint density at radius 3 is 2.79 bits per heavy atom. The number of carbonyl (C=O) groups is 2. The van der Waals surface area contributed by atoms with E-state index < -0.39 is 18.1 Å². The van der Waals surface area contributed by atoms with Gasteiger partial charge in [-0.25, -0.2) is 9.18 Å². The number of nitrogens with one attached hydrogen (secondary N) is 1. The lowest BCUT2D eigenvalue weighted by atomic mass is 9.78. The molecule has 1 aromatic heterocycles. The third-order valence-electron chi connectivity index (χ3n) is 5.48. The number of carbonyl (C=O) groups excluding carboxylic acids is 2. The molecule has 1 spiro atoms. The molecule has 0 saturated carbocycles. The molecule has 4 heterocycles. The Morgan fingerprint density at radius 1 is 1.31 bits per heavy atom. The maximum atomic E-state index is 14.7. The van der Waals surface area contributed by atoms with Crippen molar-refractivity contribution in [2.24, 2.45) is 5.41 Å². The number of aromatic nitrogens is 1. The maximum absolute atomic E-state index is 14.7. The first kappa shape index (κ1) is 17.9. The van der Waals surface area contributed by atoms with Gasteiger partial charge in [-0.15, -0.1) is 0 Å². The smallest absolute Gasteiger partial charge is 0.414 e. The summed E-state index contributed by atoms with van der Waals surface area (Å²) in [6, 6.07) is 6.17. The number of halogens is 1. The second kappa shape index (κ2) is 6.73. The van der Waals surface area contributed by atoms with Crippen LogP contribution in [0.1, 0.15) is 10.6 Å². The Labute approximate surface area is 165 Å². The van der Waals surface area contributed by atoms with Gasteiger partial charge >= 0.3 is 6.09 Å². The Bertz CT molecular complexity index is 938. The van der Waals surface area contributed by atoms with Gasteiger partial charge in [-0.05, 0) is 18.2 Å². The van der Waals surface area contributed by atoms with Crippen LogP contribution in [0.15, 0.2) is 35.0 Å². The molecule has 1 N–H and O–H groups in total. The molecule has 10 heteroatoms. The molecular formula is C19H19FN4O5. The van der Waals surface area contributed by atoms with Crippen molar-refractivity contribution in [2.45, 2.75) is 6.10 Å². The summed E-state index contributed by atoms with van der Waals surface area (Å²) in [6.45, 7) is 3.34. The quantitative estimate of drug-likeness (QED) is 0.808. The molecule has 3 fully saturated rings. The van der Waals surface area contributed by atoms with E-state index in [-0.39, 0.29) is 30.1 Å². The van der Waals surface area contributed by atoms with E-state index in [1.165, 1.54) is 23.2 Å². The fourth-order valence-electron chi connectivity index (χ4n) is 3.89. The van der Waals surface area contributed by atoms with Gasteiger partial charge < -0.3 is 24.2 Å². The van der Waals surface area contributed by atoms with Crippen LogP contribution < -0.4 is 15.1 Å². The van der Waals surface area contributed by atoms with Crippen molar-refractivity contribution < 1.29 is 28.0 Å². The monoisotopic (exact) mass is 402 g/mol. The molecule has 0 unspecified atom stereocenters. The highest BCUT2D eigenvalue weighted by molar-refractivity contribution is 5.92. The van der Waals surface area contributed by atoms with Gasteiger partial charge in [0.05, 0.1) is 49.3 Å². The van der Waals surface area contributed by atoms with Crippen molar-refractivity contribution in [3.05, 3.63) is 42.0 Å². The minimum Gasteiger partial charge on any atom is -0.442 e. The molecule has 29 heavy (non-hydrogen) atoms. The van der Waals surface area contributed by atoms with Crippen LogP contribution in [-0.4, -0.2) is 62.7 Å². The molecule has 0 bridgehead atoms. The second-order valence-electron chi connectivity index (χ2n) is 7.69. The number of hydrogen-bond acceptors (Lipinski definition) is 7. The van der Waals surface area contributed by atoms with E-state index in [1.54, 1.807) is 12.1 Å². The molecule has 9 nitrogen and oxygen atoms in total. The molecular weight excluding hydrogens is 383 g/mol. The Kier molecular flexibility index (Phi) is 4.16. The third-order valence-corrected chi connectivity index (χ3v) is 5.48. The lowest BCUT2D eigenvalue weighted by Gasteiger charge is -2.56. The molecule has 3 aliphatic rings. The Balaban J connectivity index is 1.20. The van der Waals surface area contributed by atoms with Crippen molar-refractivity contribution >= 4 is 23.4 Å². The van der Waals surface area contributed by atoms with Crippen LogP contribution >= 0.6 is 0 Å². The SMILES string of the molecule is O=C(NC[C@H]1CN(c2ccc(N3CC4(COC4)C3)c(F)c2)C(=O)O1)c1ccno1. The predicted octanol–water partition coefficient (Wildman–Crippen LogP) is 1.41. The first-order valence-corrected chi connectivity index (χ1v) is 9.32. The summed E-state index contributed by atoms with van der Waals surface area (Å²) in [5.41, 5.74) is 1.13. The number of ether oxygens (including phenoxy) is 2. The van der Waals surface area contributed by atoms with E-state index in [9.17, 15) is 14.0 Å². The molecule has 0 aliphatic carbocycles. The summed E-state index contributed by atoms with van der Waals surface area (Å²) in [7, 11) is 0. The van der Waals surface area contributed by atoms with E-state index in [2.05, 4.69) is 10.5 Å². The topological polar surface area (TPSA) is 97.1 Å². The predicted molar refractivity (Wildman–Crippen MR) is 98.3 cm³/mol. The molecule has 5 rings (SSSR count). The van der Waals surface area contributed by atoms with Gasteiger partial charge in [-0.1, -0.05) is 5.16 Å². The normalized spacial score (nSPS) is 22.2. The molecule has 0 radical (unpaired) electrons. The highest BCUT2D eigenvalue weighted by Crippen LogP contribution is 2.41. The van der Waals surface area contributed by atoms with Crippen LogP contribution in [0.2, 0.25) is 0 Å². The zero-order valence-electron chi connectivity index (χ0n) is 15.5. The molecule has 152 valence electrons. The van der Waals surface area contributed by atoms with Crippen LogP contribution in [0.3, 0.4) is 0 Å². The lowest BCUT2D eigenvalue weighted by Crippen LogP contribution is -2.66. The average Bonchev–Trinajstić information content (AvgIpc) is 3.28. The molecule has 1 aromatic carbocycles. The van der Waals surface area contributed by atoms with Crippen molar-refractivity contribution in [3.63, 3.8) is 0 Å². The van der Waals surface area contributed by atoms with Crippen molar-refractivity contribution in [1.29, 1.82) is 0 Å². The standard InChI is InChI=1S/C19H19FN4O5/c20-14-5-12(1-2-15(14)23-8-19(9-23)10-27-11-19)24-7-13(28-18(24)26)6-21-17(25)16-3-4-22-29-16/h1-5,13H,6-11H2,(H,21,25)/t13-/m0/s1. The van der Waals surface area contributed by atoms with Gasteiger partial charge in [0.1, 0.15) is 11.9 Å². The number of hydrogen-bond donors (Lipinski definition) is 1. The molecule has 2 aromatic rings. The highest BCUT2D eigenvalue weighted by atomic mass is 19.1. The molecule has 3 aliphatic heterocycles. The zero-order valence-corrected chi connectivity index (χ0v) is 15.5. The van der Waals surface area contributed by atoms with Crippen LogP contribution in [-0.2, 0) is 9.47 Å². The first-order valence-electron chi connectivity index (χ1n) is 9.32. The summed E-state index contributed by atoms with van der Waals surface area (Å²) in [4.78, 5) is 27.4. The molecule has 2 amide bonds. The number of cyclic esters (lactones) is 1. The van der Waals surface area contributed by atoms with Crippen LogP contribution in [0, 0.1) is 11.2 Å². The van der Waals surface area contributed by atoms with Crippen molar-refractivity contribution in [3.8, 4) is 0 Å². The number of amides is 2. The summed E-state index contributed by atoms with van der Waals surface area (Å²) in [5, 5.41) is 6.09. The van der Waals surface area contributed by atoms with Crippen molar-refractivity contribution in [1.82, 2.24) is 10.5 Å². The number of benzene rings is 1. The number of nitrogens with zero attached hydrogens (tertiary/aromatic N) is 3. The first-order chi connectivity index (χ1) is 14.0. The molecule has 1 atom stereocenters. The zero-order chi connectivity index (χ0) is 20.0. The van der Waals surface area contributed by atoms with Crippen molar-refractivity contribution in [2.75, 3.05) is 49.2 Å². The Morgan fingerprint density at radius 2 is 2.14 bits per heavy atom. The average molecular weight is 402 g/mol. The van der Waals surface area contributed by atoms with E-state index in [0.717, 1.165) is 26.3 Å². The third kappa shape index (κ3) is 3.19. The van der Waals surface area contributed by atoms with Gasteiger partial charge in [0.2, 0.25) is 5.76 Å². The van der Waals surface area contributed by atoms with Gasteiger partial charge in [0.25, 0.3) is 5.91 Å². The van der Waals surface area contributed by atoms with Crippen LogP contribution in [0.4, 0.5) is 20.6 Å². The largest absolute Gasteiger partial charge is 0.442 e. The van der Waals surface area contributed by atoms with E-state index >= 15 is 0 Å². The summed E-state index contributed by atoms with van der Waals surface area (Å²) >= 11 is 0. The Hall–Kier alpha value is -3.14. The highest BCUT2D eigenvalue weighted by Gasteiger charge is 2.49. The summed E-state index contributed by atoms with van der Waals surface area (Å²) in [6.07, 6.45) is 0.237. The maximum Gasteiger partial charge on any atom is 0.414 e. The fraction of sp³-hybridized carbons (Fsp3) is 0.421. The number of anilines is 2. The van der Waals surface area contributed by atoms with Crippen LogP contribution in [0.25, 0.3) is 0 Å². The summed E-state index contributed by atoms with van der Waals surface area (Å²) < 4.78 is 29.9. The van der Waals surface area contributed by atoms with Gasteiger partial charge in [-0.2, -0.15) is 0 Å². The summed E-state index contributed by atoms with van der Waals surface area (Å²) in [5.74, 6) is -0.755. The minimum atomic E-state index is -0.578. The van der Waals surface area contributed by atoms with Gasteiger partial charge in [-0.3, -0.25) is 9.69 Å². The van der Waals surface area contributed by atoms with Gasteiger partial charge in [0, 0.05) is 19.2 Å². The van der Waals surface area contributed by atoms with E-state index in [4.69, 9.17) is 14.0 Å². The minimum absolute atomic E-state index is 0.0741. The second-order valence-corrected chi connectivity index (χ2v) is 7.69.